The van der Waals surface area contributed by atoms with Gasteiger partial charge in [0.25, 0.3) is 0 Å². The minimum absolute atomic E-state index is 0.0513. The molecule has 0 aliphatic carbocycles. The van der Waals surface area contributed by atoms with E-state index in [-0.39, 0.29) is 11.8 Å². The van der Waals surface area contributed by atoms with Gasteiger partial charge in [0.1, 0.15) is 0 Å². The molecule has 1 unspecified atom stereocenters. The molecule has 30 heavy (non-hydrogen) atoms. The Hall–Kier alpha value is -2.47. The van der Waals surface area contributed by atoms with Crippen molar-refractivity contribution in [2.45, 2.75) is 53.5 Å². The smallest absolute Gasteiger partial charge is 0.239 e. The SMILES string of the molecule is CCc1c(-c2ccc(C)cc2)nnc(N2CCN(C(=O)C(N)C(C)C)CC2)c1CC. The standard InChI is InChI=1S/C24H35N5O/c1-6-19-20(7-2)23(27-26-22(19)18-10-8-17(5)9-11-18)28-12-14-29(15-13-28)24(30)21(25)16(3)4/h8-11,16,21H,6-7,12-15,25H2,1-5H3. The van der Waals surface area contributed by atoms with E-state index < -0.39 is 6.04 Å². The molecular formula is C24H35N5O. The number of amides is 1. The third-order valence-corrected chi connectivity index (χ3v) is 6.09. The van der Waals surface area contributed by atoms with E-state index in [1.165, 1.54) is 16.7 Å². The van der Waals surface area contributed by atoms with Gasteiger partial charge in [0.15, 0.2) is 5.82 Å². The molecule has 2 aromatic rings. The second kappa shape index (κ2) is 9.56. The van der Waals surface area contributed by atoms with Gasteiger partial charge in [-0.05, 0) is 31.2 Å². The Morgan fingerprint density at radius 2 is 1.60 bits per heavy atom. The lowest BCUT2D eigenvalue weighted by Gasteiger charge is -2.37. The summed E-state index contributed by atoms with van der Waals surface area (Å²) in [5.74, 6) is 1.16. The average molecular weight is 410 g/mol. The first-order valence-electron chi connectivity index (χ1n) is 11.1. The summed E-state index contributed by atoms with van der Waals surface area (Å²) in [5.41, 5.74) is 11.9. The largest absolute Gasteiger partial charge is 0.351 e. The zero-order valence-corrected chi connectivity index (χ0v) is 19.0. The Balaban J connectivity index is 1.83. The molecular weight excluding hydrogens is 374 g/mol. The lowest BCUT2D eigenvalue weighted by molar-refractivity contribution is -0.133. The number of anilines is 1. The zero-order chi connectivity index (χ0) is 21.8. The number of piperazine rings is 1. The highest BCUT2D eigenvalue weighted by Gasteiger charge is 2.28. The van der Waals surface area contributed by atoms with E-state index in [2.05, 4.69) is 60.1 Å². The van der Waals surface area contributed by atoms with E-state index in [4.69, 9.17) is 5.73 Å². The Kier molecular flexibility index (Phi) is 7.08. The highest BCUT2D eigenvalue weighted by molar-refractivity contribution is 5.82. The third-order valence-electron chi connectivity index (χ3n) is 6.09. The summed E-state index contributed by atoms with van der Waals surface area (Å²) < 4.78 is 0. The molecule has 1 aromatic carbocycles. The van der Waals surface area contributed by atoms with Gasteiger partial charge in [0, 0.05) is 37.3 Å². The molecule has 6 nitrogen and oxygen atoms in total. The van der Waals surface area contributed by atoms with Gasteiger partial charge in [0.2, 0.25) is 5.91 Å². The first kappa shape index (κ1) is 22.2. The number of aryl methyl sites for hydroxylation is 1. The van der Waals surface area contributed by atoms with Crippen LogP contribution in [0.1, 0.15) is 44.4 Å². The number of nitrogens with two attached hydrogens (primary N) is 1. The summed E-state index contributed by atoms with van der Waals surface area (Å²) in [4.78, 5) is 16.7. The van der Waals surface area contributed by atoms with Crippen molar-refractivity contribution in [3.8, 4) is 11.3 Å². The summed E-state index contributed by atoms with van der Waals surface area (Å²) >= 11 is 0. The Bertz CT molecular complexity index is 870. The second-order valence-electron chi connectivity index (χ2n) is 8.48. The van der Waals surface area contributed by atoms with E-state index in [0.29, 0.717) is 13.1 Å². The molecule has 0 saturated carbocycles. The minimum atomic E-state index is -0.428. The summed E-state index contributed by atoms with van der Waals surface area (Å²) in [6.07, 6.45) is 1.82. The second-order valence-corrected chi connectivity index (χ2v) is 8.48. The van der Waals surface area contributed by atoms with Crippen LogP contribution in [-0.2, 0) is 17.6 Å². The molecule has 2 N–H and O–H groups in total. The third kappa shape index (κ3) is 4.48. The summed E-state index contributed by atoms with van der Waals surface area (Å²) in [6, 6.07) is 8.06. The summed E-state index contributed by atoms with van der Waals surface area (Å²) in [5, 5.41) is 9.31. The Labute approximate surface area is 180 Å². The first-order chi connectivity index (χ1) is 14.4. The number of hydrogen-bond acceptors (Lipinski definition) is 5. The number of hydrogen-bond donors (Lipinski definition) is 1. The van der Waals surface area contributed by atoms with Crippen LogP contribution in [0.4, 0.5) is 5.82 Å². The fourth-order valence-electron chi connectivity index (χ4n) is 4.08. The Morgan fingerprint density at radius 3 is 2.13 bits per heavy atom. The number of benzene rings is 1. The molecule has 1 amide bonds. The molecule has 1 aliphatic rings. The van der Waals surface area contributed by atoms with Gasteiger partial charge in [-0.1, -0.05) is 57.5 Å². The maximum absolute atomic E-state index is 12.6. The monoisotopic (exact) mass is 409 g/mol. The van der Waals surface area contributed by atoms with Crippen LogP contribution < -0.4 is 10.6 Å². The molecule has 1 fully saturated rings. The van der Waals surface area contributed by atoms with Crippen LogP contribution in [-0.4, -0.2) is 53.2 Å². The van der Waals surface area contributed by atoms with Gasteiger partial charge in [0.05, 0.1) is 11.7 Å². The van der Waals surface area contributed by atoms with Gasteiger partial charge in [-0.25, -0.2) is 0 Å². The van der Waals surface area contributed by atoms with Crippen molar-refractivity contribution >= 4 is 11.7 Å². The van der Waals surface area contributed by atoms with Crippen molar-refractivity contribution in [1.82, 2.24) is 15.1 Å². The van der Waals surface area contributed by atoms with Crippen LogP contribution in [0.3, 0.4) is 0 Å². The fourth-order valence-corrected chi connectivity index (χ4v) is 4.08. The van der Waals surface area contributed by atoms with E-state index in [0.717, 1.165) is 43.0 Å². The lowest BCUT2D eigenvalue weighted by atomic mass is 9.97. The van der Waals surface area contributed by atoms with Gasteiger partial charge < -0.3 is 15.5 Å². The number of rotatable bonds is 6. The number of nitrogens with zero attached hydrogens (tertiary/aromatic N) is 4. The van der Waals surface area contributed by atoms with Crippen LogP contribution >= 0.6 is 0 Å². The van der Waals surface area contributed by atoms with Crippen LogP contribution in [0.5, 0.6) is 0 Å². The molecule has 6 heteroatoms. The predicted molar refractivity (Wildman–Crippen MR) is 123 cm³/mol. The van der Waals surface area contributed by atoms with E-state index in [1.807, 2.05) is 18.7 Å². The molecule has 3 rings (SSSR count). The van der Waals surface area contributed by atoms with Gasteiger partial charge >= 0.3 is 0 Å². The normalized spacial score (nSPS) is 15.6. The molecule has 0 spiro atoms. The Morgan fingerprint density at radius 1 is 1.00 bits per heavy atom. The van der Waals surface area contributed by atoms with Crippen molar-refractivity contribution in [1.29, 1.82) is 0 Å². The number of carbonyl (C=O) groups is 1. The van der Waals surface area contributed by atoms with E-state index in [1.54, 1.807) is 0 Å². The zero-order valence-electron chi connectivity index (χ0n) is 19.0. The molecule has 1 aliphatic heterocycles. The highest BCUT2D eigenvalue weighted by Crippen LogP contribution is 2.30. The number of aromatic nitrogens is 2. The lowest BCUT2D eigenvalue weighted by Crippen LogP contribution is -2.54. The quantitative estimate of drug-likeness (QED) is 0.793. The van der Waals surface area contributed by atoms with Crippen LogP contribution in [0.25, 0.3) is 11.3 Å². The van der Waals surface area contributed by atoms with Gasteiger partial charge in [-0.2, -0.15) is 0 Å². The average Bonchev–Trinajstić information content (AvgIpc) is 2.77. The summed E-state index contributed by atoms with van der Waals surface area (Å²) in [6.45, 7) is 13.3. The van der Waals surface area contributed by atoms with Crippen molar-refractivity contribution in [3.63, 3.8) is 0 Å². The topological polar surface area (TPSA) is 75.4 Å². The molecule has 162 valence electrons. The maximum Gasteiger partial charge on any atom is 0.239 e. The van der Waals surface area contributed by atoms with E-state index in [9.17, 15) is 4.79 Å². The number of carbonyl (C=O) groups excluding carboxylic acids is 1. The molecule has 1 aromatic heterocycles. The molecule has 2 heterocycles. The van der Waals surface area contributed by atoms with Crippen molar-refractivity contribution < 1.29 is 4.79 Å². The van der Waals surface area contributed by atoms with E-state index >= 15 is 0 Å². The summed E-state index contributed by atoms with van der Waals surface area (Å²) in [7, 11) is 0. The molecule has 0 bridgehead atoms. The first-order valence-corrected chi connectivity index (χ1v) is 11.1. The van der Waals surface area contributed by atoms with Gasteiger partial charge in [-0.15, -0.1) is 10.2 Å². The minimum Gasteiger partial charge on any atom is -0.351 e. The van der Waals surface area contributed by atoms with Crippen molar-refractivity contribution in [2.75, 3.05) is 31.1 Å². The molecule has 1 saturated heterocycles. The van der Waals surface area contributed by atoms with Gasteiger partial charge in [-0.3, -0.25) is 4.79 Å². The van der Waals surface area contributed by atoms with Crippen molar-refractivity contribution in [3.05, 3.63) is 41.0 Å². The highest BCUT2D eigenvalue weighted by atomic mass is 16.2. The van der Waals surface area contributed by atoms with Crippen molar-refractivity contribution in [2.24, 2.45) is 11.7 Å². The van der Waals surface area contributed by atoms with Crippen LogP contribution in [0, 0.1) is 12.8 Å². The maximum atomic E-state index is 12.6. The predicted octanol–water partition coefficient (Wildman–Crippen LogP) is 3.21. The van der Waals surface area contributed by atoms with Crippen LogP contribution in [0.2, 0.25) is 0 Å². The molecule has 1 atom stereocenters. The van der Waals surface area contributed by atoms with Crippen LogP contribution in [0.15, 0.2) is 24.3 Å². The fraction of sp³-hybridized carbons (Fsp3) is 0.542. The molecule has 0 radical (unpaired) electrons.